The third kappa shape index (κ3) is 3.46. The van der Waals surface area contributed by atoms with Gasteiger partial charge in [-0.05, 0) is 19.1 Å². The first kappa shape index (κ1) is 15.6. The molecular weight excluding hydrogens is 284 g/mol. The molecule has 1 N–H and O–H groups in total. The van der Waals surface area contributed by atoms with Gasteiger partial charge in [-0.1, -0.05) is 12.1 Å². The fourth-order valence-corrected chi connectivity index (χ4v) is 1.95. The summed E-state index contributed by atoms with van der Waals surface area (Å²) in [5.74, 6) is 0.373. The van der Waals surface area contributed by atoms with Crippen LogP contribution in [0.4, 0.5) is 5.69 Å². The van der Waals surface area contributed by atoms with E-state index in [2.05, 4.69) is 5.32 Å². The first-order valence-corrected chi connectivity index (χ1v) is 6.75. The summed E-state index contributed by atoms with van der Waals surface area (Å²) < 4.78 is 12.3. The maximum absolute atomic E-state index is 12.0. The molecule has 0 aliphatic heterocycles. The fourth-order valence-electron chi connectivity index (χ4n) is 1.95. The van der Waals surface area contributed by atoms with Gasteiger partial charge < -0.3 is 19.4 Å². The van der Waals surface area contributed by atoms with Crippen molar-refractivity contribution >= 4 is 11.6 Å². The first-order valence-electron chi connectivity index (χ1n) is 6.75. The molecule has 1 amide bonds. The number of carbonyl (C=O) groups excluding carboxylic acids is 1. The minimum atomic E-state index is -0.366. The maximum Gasteiger partial charge on any atom is 0.262 e. The number of hydrogen-bond acceptors (Lipinski definition) is 4. The van der Waals surface area contributed by atoms with Crippen molar-refractivity contribution < 1.29 is 14.3 Å². The van der Waals surface area contributed by atoms with Crippen LogP contribution in [0.15, 0.2) is 41.3 Å². The summed E-state index contributed by atoms with van der Waals surface area (Å²) in [6, 6.07) is 8.47. The van der Waals surface area contributed by atoms with Gasteiger partial charge in [-0.15, -0.1) is 0 Å². The number of hydrogen-bond donors (Lipinski definition) is 1. The predicted molar refractivity (Wildman–Crippen MR) is 83.5 cm³/mol. The molecule has 0 aliphatic rings. The second kappa shape index (κ2) is 6.80. The average Bonchev–Trinajstić information content (AvgIpc) is 2.51. The normalized spacial score (nSPS) is 10.1. The number of para-hydroxylation sites is 2. The van der Waals surface area contributed by atoms with E-state index in [1.54, 1.807) is 42.9 Å². The van der Waals surface area contributed by atoms with Crippen LogP contribution in [-0.4, -0.2) is 24.2 Å². The third-order valence-electron chi connectivity index (χ3n) is 3.26. The van der Waals surface area contributed by atoms with Crippen LogP contribution >= 0.6 is 0 Å². The number of nitrogens with zero attached hydrogens (tertiary/aromatic N) is 1. The van der Waals surface area contributed by atoms with Crippen LogP contribution in [0.25, 0.3) is 0 Å². The minimum Gasteiger partial charge on any atom is -0.495 e. The van der Waals surface area contributed by atoms with Gasteiger partial charge in [0.25, 0.3) is 5.91 Å². The Morgan fingerprint density at radius 1 is 1.27 bits per heavy atom. The number of aryl methyl sites for hydroxylation is 1. The molecule has 116 valence electrons. The van der Waals surface area contributed by atoms with E-state index >= 15 is 0 Å². The molecule has 0 saturated heterocycles. The second-order valence-corrected chi connectivity index (χ2v) is 4.74. The number of carbonyl (C=O) groups is 1. The number of methoxy groups -OCH3 is 1. The van der Waals surface area contributed by atoms with Gasteiger partial charge in [-0.2, -0.15) is 0 Å². The SMILES string of the molecule is COc1ccccc1NC(=O)COc1c(C)n(C)ccc1=O. The Labute approximate surface area is 128 Å². The van der Waals surface area contributed by atoms with E-state index in [0.29, 0.717) is 17.1 Å². The standard InChI is InChI=1S/C16H18N2O4/c1-11-16(13(19)8-9-18(11)2)22-10-15(20)17-12-6-4-5-7-14(12)21-3/h4-9H,10H2,1-3H3,(H,17,20). The summed E-state index contributed by atoms with van der Waals surface area (Å²) in [6.07, 6.45) is 1.65. The molecule has 22 heavy (non-hydrogen) atoms. The number of ether oxygens (including phenoxy) is 2. The van der Waals surface area contributed by atoms with Crippen molar-refractivity contribution in [2.75, 3.05) is 19.0 Å². The number of aromatic nitrogens is 1. The highest BCUT2D eigenvalue weighted by molar-refractivity contribution is 5.93. The molecule has 0 atom stereocenters. The van der Waals surface area contributed by atoms with Crippen LogP contribution in [0.3, 0.4) is 0 Å². The third-order valence-corrected chi connectivity index (χ3v) is 3.26. The van der Waals surface area contributed by atoms with Gasteiger partial charge in [0.05, 0.1) is 18.5 Å². The largest absolute Gasteiger partial charge is 0.495 e. The van der Waals surface area contributed by atoms with Crippen molar-refractivity contribution in [1.82, 2.24) is 4.57 Å². The van der Waals surface area contributed by atoms with E-state index in [-0.39, 0.29) is 23.7 Å². The van der Waals surface area contributed by atoms with Crippen LogP contribution in [0, 0.1) is 6.92 Å². The monoisotopic (exact) mass is 302 g/mol. The van der Waals surface area contributed by atoms with E-state index in [9.17, 15) is 9.59 Å². The molecular formula is C16H18N2O4. The van der Waals surface area contributed by atoms with Crippen molar-refractivity contribution in [3.8, 4) is 11.5 Å². The van der Waals surface area contributed by atoms with Crippen molar-refractivity contribution in [2.24, 2.45) is 7.05 Å². The van der Waals surface area contributed by atoms with Gasteiger partial charge in [0.15, 0.2) is 12.4 Å². The Bertz CT molecular complexity index is 737. The zero-order valence-electron chi connectivity index (χ0n) is 12.8. The van der Waals surface area contributed by atoms with Crippen molar-refractivity contribution in [3.05, 3.63) is 52.4 Å². The predicted octanol–water partition coefficient (Wildman–Crippen LogP) is 1.72. The highest BCUT2D eigenvalue weighted by Gasteiger charge is 2.11. The smallest absolute Gasteiger partial charge is 0.262 e. The van der Waals surface area contributed by atoms with Crippen LogP contribution in [0.2, 0.25) is 0 Å². The Morgan fingerprint density at radius 3 is 2.73 bits per heavy atom. The maximum atomic E-state index is 12.0. The highest BCUT2D eigenvalue weighted by Crippen LogP contribution is 2.22. The molecule has 1 heterocycles. The van der Waals surface area contributed by atoms with Crippen LogP contribution < -0.4 is 20.2 Å². The molecule has 0 bridgehead atoms. The van der Waals surface area contributed by atoms with E-state index in [0.717, 1.165) is 0 Å². The van der Waals surface area contributed by atoms with Gasteiger partial charge >= 0.3 is 0 Å². The zero-order chi connectivity index (χ0) is 16.1. The van der Waals surface area contributed by atoms with E-state index in [1.165, 1.54) is 13.2 Å². The number of pyridine rings is 1. The number of amides is 1. The lowest BCUT2D eigenvalue weighted by molar-refractivity contribution is -0.118. The van der Waals surface area contributed by atoms with Crippen LogP contribution in [-0.2, 0) is 11.8 Å². The van der Waals surface area contributed by atoms with Gasteiger partial charge in [0.2, 0.25) is 5.43 Å². The summed E-state index contributed by atoms with van der Waals surface area (Å²) in [5.41, 5.74) is 0.967. The van der Waals surface area contributed by atoms with Crippen LogP contribution in [0.1, 0.15) is 5.69 Å². The zero-order valence-corrected chi connectivity index (χ0v) is 12.8. The summed E-state index contributed by atoms with van der Waals surface area (Å²) in [7, 11) is 3.33. The molecule has 1 aromatic heterocycles. The van der Waals surface area contributed by atoms with Gasteiger partial charge in [0, 0.05) is 19.3 Å². The average molecular weight is 302 g/mol. The molecule has 0 aliphatic carbocycles. The Morgan fingerprint density at radius 2 is 2.00 bits per heavy atom. The van der Waals surface area contributed by atoms with Crippen molar-refractivity contribution in [2.45, 2.75) is 6.92 Å². The number of nitrogens with one attached hydrogen (secondary N) is 1. The lowest BCUT2D eigenvalue weighted by atomic mass is 10.3. The van der Waals surface area contributed by atoms with E-state index < -0.39 is 0 Å². The molecule has 0 radical (unpaired) electrons. The first-order chi connectivity index (χ1) is 10.5. The van der Waals surface area contributed by atoms with Gasteiger partial charge in [-0.25, -0.2) is 0 Å². The molecule has 2 rings (SSSR count). The van der Waals surface area contributed by atoms with E-state index in [4.69, 9.17) is 9.47 Å². The fraction of sp³-hybridized carbons (Fsp3) is 0.250. The molecule has 0 saturated carbocycles. The molecule has 0 unspecified atom stereocenters. The molecule has 6 heteroatoms. The second-order valence-electron chi connectivity index (χ2n) is 4.74. The topological polar surface area (TPSA) is 69.6 Å². The minimum absolute atomic E-state index is 0.181. The summed E-state index contributed by atoms with van der Waals surface area (Å²) in [4.78, 5) is 23.7. The molecule has 6 nitrogen and oxygen atoms in total. The van der Waals surface area contributed by atoms with Crippen LogP contribution in [0.5, 0.6) is 11.5 Å². The van der Waals surface area contributed by atoms with Crippen molar-refractivity contribution in [3.63, 3.8) is 0 Å². The number of benzene rings is 1. The Kier molecular flexibility index (Phi) is 4.83. The lowest BCUT2D eigenvalue weighted by Gasteiger charge is -2.12. The summed E-state index contributed by atoms with van der Waals surface area (Å²) in [6.45, 7) is 1.51. The number of rotatable bonds is 5. The van der Waals surface area contributed by atoms with Gasteiger partial charge in [0.1, 0.15) is 5.75 Å². The van der Waals surface area contributed by atoms with E-state index in [1.807, 2.05) is 6.07 Å². The molecule has 2 aromatic rings. The Balaban J connectivity index is 2.05. The summed E-state index contributed by atoms with van der Waals surface area (Å²) in [5, 5.41) is 2.69. The lowest BCUT2D eigenvalue weighted by Crippen LogP contribution is -2.23. The number of anilines is 1. The highest BCUT2D eigenvalue weighted by atomic mass is 16.5. The van der Waals surface area contributed by atoms with Gasteiger partial charge in [-0.3, -0.25) is 9.59 Å². The van der Waals surface area contributed by atoms with Crippen molar-refractivity contribution in [1.29, 1.82) is 0 Å². The quantitative estimate of drug-likeness (QED) is 0.913. The Hall–Kier alpha value is -2.76. The molecule has 0 spiro atoms. The molecule has 1 aromatic carbocycles. The summed E-state index contributed by atoms with van der Waals surface area (Å²) >= 11 is 0. The molecule has 0 fully saturated rings.